The summed E-state index contributed by atoms with van der Waals surface area (Å²) in [7, 11) is 0. The van der Waals surface area contributed by atoms with E-state index in [-0.39, 0.29) is 17.1 Å². The monoisotopic (exact) mass is 459 g/mol. The molecule has 0 aliphatic rings. The van der Waals surface area contributed by atoms with E-state index >= 15 is 0 Å². The van der Waals surface area contributed by atoms with Crippen LogP contribution in [-0.2, 0) is 26.7 Å². The minimum Gasteiger partial charge on any atom is -0.478 e. The molecule has 0 aromatic carbocycles. The smallest absolute Gasteiger partial charge is 0.327 e. The molecule has 5 heteroatoms. The van der Waals surface area contributed by atoms with E-state index < -0.39 is 11.9 Å². The van der Waals surface area contributed by atoms with Crippen molar-refractivity contribution < 1.29 is 36.9 Å². The molecule has 0 fully saturated rings. The van der Waals surface area contributed by atoms with Gasteiger partial charge in [-0.25, -0.2) is 9.59 Å². The second-order valence-electron chi connectivity index (χ2n) is 7.30. The van der Waals surface area contributed by atoms with Crippen LogP contribution in [0.5, 0.6) is 0 Å². The summed E-state index contributed by atoms with van der Waals surface area (Å²) >= 11 is 0. The summed E-state index contributed by atoms with van der Waals surface area (Å²) in [6.07, 6.45) is 25.7. The molecule has 0 unspecified atom stereocenters. The number of carboxylic acid groups (broad SMARTS) is 2. The maximum atomic E-state index is 10.1. The molecule has 2 N–H and O–H groups in total. The first-order valence-corrected chi connectivity index (χ1v) is 11.3. The minimum atomic E-state index is -0.840. The van der Waals surface area contributed by atoms with Crippen molar-refractivity contribution in [3.63, 3.8) is 0 Å². The quantitative estimate of drug-likeness (QED) is 0.126. The summed E-state index contributed by atoms with van der Waals surface area (Å²) < 4.78 is 0. The maximum absolute atomic E-state index is 10.1. The number of carbonyl (C=O) groups is 2. The summed E-state index contributed by atoms with van der Waals surface area (Å²) in [6, 6.07) is 0. The third-order valence-electron chi connectivity index (χ3n) is 4.47. The predicted octanol–water partition coefficient (Wildman–Crippen LogP) is 7.53. The Morgan fingerprint density at radius 1 is 0.552 bits per heavy atom. The minimum absolute atomic E-state index is 0. The van der Waals surface area contributed by atoms with Crippen LogP contribution in [0, 0.1) is 0 Å². The average molecular weight is 460 g/mol. The van der Waals surface area contributed by atoms with Gasteiger partial charge in [-0.1, -0.05) is 103 Å². The van der Waals surface area contributed by atoms with Crippen LogP contribution in [0.3, 0.4) is 0 Å². The van der Waals surface area contributed by atoms with Crippen molar-refractivity contribution >= 4 is 11.9 Å². The van der Waals surface area contributed by atoms with Crippen molar-refractivity contribution in [1.82, 2.24) is 0 Å². The van der Waals surface area contributed by atoms with E-state index in [0.29, 0.717) is 0 Å². The van der Waals surface area contributed by atoms with Gasteiger partial charge in [0, 0.05) is 29.2 Å². The number of rotatable bonds is 18. The van der Waals surface area contributed by atoms with Crippen LogP contribution in [0.4, 0.5) is 0 Å². The molecule has 0 aliphatic heterocycles. The Hall–Kier alpha value is -1.06. The van der Waals surface area contributed by atoms with Crippen molar-refractivity contribution in [2.75, 3.05) is 0 Å². The standard InChI is InChI=1S/2C12H22O2.Cu/c2*1-2-3-4-5-6-7-8-9-10-11-12(13)14;/h2*10-11H,2-9H2,1H3,(H,13,14);. The van der Waals surface area contributed by atoms with Gasteiger partial charge in [-0.05, 0) is 25.7 Å². The van der Waals surface area contributed by atoms with Crippen LogP contribution in [0.1, 0.15) is 117 Å². The number of aliphatic carboxylic acids is 2. The summed E-state index contributed by atoms with van der Waals surface area (Å²) in [5.74, 6) is -1.68. The van der Waals surface area contributed by atoms with Crippen LogP contribution in [0.25, 0.3) is 0 Å². The zero-order chi connectivity index (χ0) is 21.3. The van der Waals surface area contributed by atoms with Crippen molar-refractivity contribution in [3.8, 4) is 0 Å². The van der Waals surface area contributed by atoms with E-state index in [1.807, 2.05) is 0 Å². The second-order valence-corrected chi connectivity index (χ2v) is 7.30. The van der Waals surface area contributed by atoms with Crippen molar-refractivity contribution in [2.45, 2.75) is 117 Å². The fourth-order valence-corrected chi connectivity index (χ4v) is 2.81. The van der Waals surface area contributed by atoms with Gasteiger partial charge in [-0.15, -0.1) is 0 Å². The molecule has 0 aromatic rings. The second kappa shape index (κ2) is 29.1. The van der Waals surface area contributed by atoms with Crippen molar-refractivity contribution in [3.05, 3.63) is 24.3 Å². The van der Waals surface area contributed by atoms with Crippen LogP contribution in [0.2, 0.25) is 0 Å². The first kappa shape index (κ1) is 32.6. The molecule has 175 valence electrons. The Labute approximate surface area is 189 Å². The average Bonchev–Trinajstić information content (AvgIpc) is 2.65. The Morgan fingerprint density at radius 2 is 0.828 bits per heavy atom. The third-order valence-corrected chi connectivity index (χ3v) is 4.47. The first-order chi connectivity index (χ1) is 13.5. The molecule has 29 heavy (non-hydrogen) atoms. The maximum Gasteiger partial charge on any atom is 0.327 e. The molecule has 0 atom stereocenters. The predicted molar refractivity (Wildman–Crippen MR) is 119 cm³/mol. The van der Waals surface area contributed by atoms with Crippen LogP contribution >= 0.6 is 0 Å². The molecule has 0 aromatic heterocycles. The molecule has 0 bridgehead atoms. The summed E-state index contributed by atoms with van der Waals surface area (Å²) in [5.41, 5.74) is 0. The molecule has 4 nitrogen and oxygen atoms in total. The molecule has 0 amide bonds. The van der Waals surface area contributed by atoms with Crippen LogP contribution in [-0.4, -0.2) is 22.2 Å². The van der Waals surface area contributed by atoms with E-state index in [4.69, 9.17) is 10.2 Å². The van der Waals surface area contributed by atoms with Crippen LogP contribution in [0.15, 0.2) is 24.3 Å². The number of carboxylic acids is 2. The van der Waals surface area contributed by atoms with Gasteiger partial charge in [0.25, 0.3) is 0 Å². The van der Waals surface area contributed by atoms with Gasteiger partial charge in [0.05, 0.1) is 0 Å². The SMILES string of the molecule is CCCCCCCCCC=CC(=O)O.CCCCCCCCCC=CC(=O)O.[Cu]. The van der Waals surface area contributed by atoms with Crippen molar-refractivity contribution in [2.24, 2.45) is 0 Å². The van der Waals surface area contributed by atoms with Crippen molar-refractivity contribution in [1.29, 1.82) is 0 Å². The number of allylic oxidation sites excluding steroid dienone is 2. The number of hydrogen-bond acceptors (Lipinski definition) is 2. The zero-order valence-electron chi connectivity index (χ0n) is 18.6. The first-order valence-electron chi connectivity index (χ1n) is 11.3. The van der Waals surface area contributed by atoms with Crippen LogP contribution < -0.4 is 0 Å². The largest absolute Gasteiger partial charge is 0.478 e. The van der Waals surface area contributed by atoms with E-state index in [0.717, 1.165) is 25.7 Å². The van der Waals surface area contributed by atoms with Gasteiger partial charge in [-0.3, -0.25) is 0 Å². The molecule has 0 spiro atoms. The van der Waals surface area contributed by atoms with Gasteiger partial charge in [0.1, 0.15) is 0 Å². The molecular formula is C24H44CuO4. The summed E-state index contributed by atoms with van der Waals surface area (Å²) in [6.45, 7) is 4.44. The summed E-state index contributed by atoms with van der Waals surface area (Å²) in [5, 5.41) is 16.7. The molecular weight excluding hydrogens is 416 g/mol. The molecule has 0 aliphatic carbocycles. The van der Waals surface area contributed by atoms with Gasteiger partial charge in [0.15, 0.2) is 0 Å². The summed E-state index contributed by atoms with van der Waals surface area (Å²) in [4.78, 5) is 20.2. The molecule has 1 radical (unpaired) electrons. The fourth-order valence-electron chi connectivity index (χ4n) is 2.81. The molecule has 0 saturated carbocycles. The Kier molecular flexibility index (Phi) is 32.8. The number of unbranched alkanes of at least 4 members (excludes halogenated alkanes) is 14. The topological polar surface area (TPSA) is 74.6 Å². The molecule has 0 heterocycles. The van der Waals surface area contributed by atoms with Gasteiger partial charge in [-0.2, -0.15) is 0 Å². The molecule has 0 rings (SSSR count). The van der Waals surface area contributed by atoms with Gasteiger partial charge >= 0.3 is 11.9 Å². The fraction of sp³-hybridized carbons (Fsp3) is 0.750. The Balaban J connectivity index is -0.000000451. The Bertz CT molecular complexity index is 368. The normalized spacial score (nSPS) is 10.6. The third kappa shape index (κ3) is 38.2. The van der Waals surface area contributed by atoms with Gasteiger partial charge in [0.2, 0.25) is 0 Å². The van der Waals surface area contributed by atoms with Gasteiger partial charge < -0.3 is 10.2 Å². The van der Waals surface area contributed by atoms with E-state index in [2.05, 4.69) is 13.8 Å². The zero-order valence-corrected chi connectivity index (χ0v) is 19.6. The molecule has 0 saturated heterocycles. The number of hydrogen-bond donors (Lipinski definition) is 2. The Morgan fingerprint density at radius 3 is 1.10 bits per heavy atom. The van der Waals surface area contributed by atoms with E-state index in [1.165, 1.54) is 89.2 Å². The van der Waals surface area contributed by atoms with E-state index in [9.17, 15) is 9.59 Å². The van der Waals surface area contributed by atoms with E-state index in [1.54, 1.807) is 12.2 Å².